The highest BCUT2D eigenvalue weighted by Gasteiger charge is 2.12. The molecule has 8 aromatic rings. The second-order valence-corrected chi connectivity index (χ2v) is 12.6. The molecule has 0 amide bonds. The fourth-order valence-corrected chi connectivity index (χ4v) is 6.11. The second kappa shape index (κ2) is 13.8. The van der Waals surface area contributed by atoms with Crippen LogP contribution >= 0.6 is 0 Å². The molecule has 244 valence electrons. The van der Waals surface area contributed by atoms with Crippen LogP contribution in [0.25, 0.3) is 0 Å². The van der Waals surface area contributed by atoms with E-state index in [0.717, 1.165) is 46.2 Å². The molecule has 0 spiro atoms. The zero-order chi connectivity index (χ0) is 32.8. The van der Waals surface area contributed by atoms with Gasteiger partial charge in [-0.1, -0.05) is 48.5 Å². The fraction of sp³-hybridized carbons (Fsp3) is 0.189. The molecular weight excluding hydrogens is 612 g/mol. The second-order valence-electron chi connectivity index (χ2n) is 12.6. The third-order valence-electron chi connectivity index (χ3n) is 8.59. The van der Waals surface area contributed by atoms with Crippen LogP contribution < -0.4 is 18.3 Å². The molecule has 49 heavy (non-hydrogen) atoms. The van der Waals surface area contributed by atoms with Gasteiger partial charge >= 0.3 is 0 Å². The molecule has 0 radical (unpaired) electrons. The van der Waals surface area contributed by atoms with Crippen molar-refractivity contribution in [2.75, 3.05) is 0 Å². The molecule has 0 aliphatic heterocycles. The van der Waals surface area contributed by atoms with Crippen LogP contribution in [0.3, 0.4) is 0 Å². The van der Waals surface area contributed by atoms with Crippen LogP contribution in [0.1, 0.15) is 22.3 Å². The van der Waals surface area contributed by atoms with Crippen molar-refractivity contribution in [2.24, 2.45) is 0 Å². The van der Waals surface area contributed by atoms with Crippen molar-refractivity contribution in [2.45, 2.75) is 46.2 Å². The van der Waals surface area contributed by atoms with Crippen LogP contribution in [0.4, 0.5) is 0 Å². The highest BCUT2D eigenvalue weighted by atomic mass is 15.2. The minimum absolute atomic E-state index is 0.757. The van der Waals surface area contributed by atoms with E-state index in [4.69, 9.17) is 0 Å². The van der Waals surface area contributed by atoms with Crippen molar-refractivity contribution < 1.29 is 18.3 Å². The molecule has 0 unspecified atom stereocenters. The van der Waals surface area contributed by atoms with E-state index in [1.54, 1.807) is 12.4 Å². The lowest BCUT2D eigenvalue weighted by Crippen LogP contribution is -2.49. The van der Waals surface area contributed by atoms with E-state index in [9.17, 15) is 0 Å². The first-order valence-corrected chi connectivity index (χ1v) is 16.4. The van der Waals surface area contributed by atoms with Gasteiger partial charge in [-0.3, -0.25) is 0 Å². The topological polar surface area (TPSA) is 70.9 Å². The smallest absolute Gasteiger partial charge is 0.247 e. The van der Waals surface area contributed by atoms with Crippen molar-refractivity contribution in [1.82, 2.24) is 37.4 Å². The summed E-state index contributed by atoms with van der Waals surface area (Å²) in [5.41, 5.74) is 5.12. The van der Waals surface area contributed by atoms with E-state index in [-0.39, 0.29) is 0 Å². The van der Waals surface area contributed by atoms with E-state index in [0.29, 0.717) is 0 Å². The van der Waals surface area contributed by atoms with Gasteiger partial charge in [-0.05, 0) is 22.3 Å². The van der Waals surface area contributed by atoms with Gasteiger partial charge in [0.25, 0.3) is 0 Å². The highest BCUT2D eigenvalue weighted by molar-refractivity contribution is 5.24. The highest BCUT2D eigenvalue weighted by Crippen LogP contribution is 2.09. The summed E-state index contributed by atoms with van der Waals surface area (Å²) in [7, 11) is 0. The molecule has 6 heterocycles. The molecule has 0 saturated carbocycles. The van der Waals surface area contributed by atoms with Gasteiger partial charge in [0.05, 0.1) is 12.7 Å². The molecule has 12 nitrogen and oxygen atoms in total. The van der Waals surface area contributed by atoms with Gasteiger partial charge in [-0.2, -0.15) is 9.13 Å². The quantitative estimate of drug-likeness (QED) is 0.169. The lowest BCUT2D eigenvalue weighted by Gasteiger charge is -2.02. The normalized spacial score (nSPS) is 11.4. The standard InChI is InChI=1S/C37H40N12/c1-5-36(6-2-34(1)21-40-13-17-46(27-40)31-44-11-9-38-25-44)23-42-15-19-48(29-42)33-49-20-16-43(30-49)24-37-7-3-35(4-8-37)22-41-14-18-47(28-41)32-45-12-10-39-26-45/h1-20,25-30H,21-24,31-33H2/q+4. The van der Waals surface area contributed by atoms with E-state index in [1.807, 2.05) is 34.2 Å². The fourth-order valence-electron chi connectivity index (χ4n) is 6.11. The molecule has 0 bridgehead atoms. The van der Waals surface area contributed by atoms with Gasteiger partial charge in [0.1, 0.15) is 75.8 Å². The molecule has 0 saturated heterocycles. The molecule has 0 atom stereocenters. The van der Waals surface area contributed by atoms with E-state index >= 15 is 0 Å². The summed E-state index contributed by atoms with van der Waals surface area (Å²) in [5, 5.41) is 0. The molecule has 2 aromatic carbocycles. The van der Waals surface area contributed by atoms with E-state index in [1.165, 1.54) is 22.3 Å². The molecule has 0 N–H and O–H groups in total. The Balaban J connectivity index is 0.803. The van der Waals surface area contributed by atoms with Gasteiger partial charge in [-0.15, -0.1) is 0 Å². The number of benzene rings is 2. The summed E-state index contributed by atoms with van der Waals surface area (Å²) >= 11 is 0. The minimum Gasteiger partial charge on any atom is -0.300 e. The minimum atomic E-state index is 0.757. The predicted octanol–water partition coefficient (Wildman–Crippen LogP) is 2.15. The average molecular weight is 653 g/mol. The maximum atomic E-state index is 4.12. The molecular formula is C37H40N12+4. The van der Waals surface area contributed by atoms with Gasteiger partial charge in [-0.25, -0.2) is 37.4 Å². The number of rotatable bonds is 14. The Labute approximate surface area is 284 Å². The van der Waals surface area contributed by atoms with Gasteiger partial charge in [0, 0.05) is 24.8 Å². The van der Waals surface area contributed by atoms with Crippen molar-refractivity contribution in [3.8, 4) is 0 Å². The van der Waals surface area contributed by atoms with Crippen LogP contribution in [-0.2, 0) is 46.2 Å². The van der Waals surface area contributed by atoms with Gasteiger partial charge in [0.2, 0.25) is 32.0 Å². The van der Waals surface area contributed by atoms with Crippen LogP contribution in [0.15, 0.2) is 161 Å². The maximum absolute atomic E-state index is 4.12. The van der Waals surface area contributed by atoms with Crippen LogP contribution in [-0.4, -0.2) is 37.4 Å². The van der Waals surface area contributed by atoms with Crippen molar-refractivity contribution in [3.63, 3.8) is 0 Å². The van der Waals surface area contributed by atoms with Crippen LogP contribution in [0, 0.1) is 0 Å². The van der Waals surface area contributed by atoms with Crippen molar-refractivity contribution >= 4 is 0 Å². The monoisotopic (exact) mass is 652 g/mol. The summed E-state index contributed by atoms with van der Waals surface area (Å²) in [6.07, 6.45) is 36.7. The Bertz CT molecular complexity index is 2040. The largest absolute Gasteiger partial charge is 0.300 e. The maximum Gasteiger partial charge on any atom is 0.247 e. The number of hydrogen-bond donors (Lipinski definition) is 0. The zero-order valence-electron chi connectivity index (χ0n) is 27.3. The Kier molecular flexibility index (Phi) is 8.48. The third-order valence-corrected chi connectivity index (χ3v) is 8.59. The molecule has 0 aliphatic carbocycles. The first-order chi connectivity index (χ1) is 24.1. The first-order valence-electron chi connectivity index (χ1n) is 16.4. The number of aromatic nitrogens is 12. The van der Waals surface area contributed by atoms with Gasteiger partial charge in [0.15, 0.2) is 13.3 Å². The third kappa shape index (κ3) is 7.82. The van der Waals surface area contributed by atoms with Gasteiger partial charge < -0.3 is 9.13 Å². The molecule has 0 aliphatic rings. The Morgan fingerprint density at radius 2 is 0.714 bits per heavy atom. The van der Waals surface area contributed by atoms with Crippen molar-refractivity contribution in [1.29, 1.82) is 0 Å². The first kappa shape index (κ1) is 30.1. The summed E-state index contributed by atoms with van der Waals surface area (Å²) in [5.74, 6) is 0. The molecule has 0 fully saturated rings. The van der Waals surface area contributed by atoms with E-state index < -0.39 is 0 Å². The average Bonchev–Trinajstić information content (AvgIpc) is 3.96. The summed E-state index contributed by atoms with van der Waals surface area (Å²) in [6.45, 7) is 5.62. The Morgan fingerprint density at radius 3 is 1.04 bits per heavy atom. The number of nitrogens with zero attached hydrogens (tertiary/aromatic N) is 12. The molecule has 6 aromatic heterocycles. The van der Waals surface area contributed by atoms with E-state index in [2.05, 4.69) is 170 Å². The summed E-state index contributed by atoms with van der Waals surface area (Å²) in [4.78, 5) is 8.23. The number of imidazole rings is 6. The number of hydrogen-bond acceptors (Lipinski definition) is 2. The Hall–Kier alpha value is -6.30. The lowest BCUT2D eigenvalue weighted by atomic mass is 10.1. The van der Waals surface area contributed by atoms with Crippen LogP contribution in [0.2, 0.25) is 0 Å². The SMILES string of the molecule is c1cn(C[n+]2ccn(Cc3ccc(Cn4cc[n+](C[n+]5ccn(Cc6ccc(Cn7cc[n+](Cn8ccnc8)c7)cc6)c5)c4)cc3)c2)cn1. The molecule has 8 rings (SSSR count). The summed E-state index contributed by atoms with van der Waals surface area (Å²) in [6, 6.07) is 17.8. The predicted molar refractivity (Wildman–Crippen MR) is 178 cm³/mol. The Morgan fingerprint density at radius 1 is 0.388 bits per heavy atom. The summed E-state index contributed by atoms with van der Waals surface area (Å²) < 4.78 is 21.7. The lowest BCUT2D eigenvalue weighted by molar-refractivity contribution is -0.912. The van der Waals surface area contributed by atoms with Crippen molar-refractivity contribution in [3.05, 3.63) is 183 Å². The zero-order valence-corrected chi connectivity index (χ0v) is 27.3. The van der Waals surface area contributed by atoms with Crippen LogP contribution in [0.5, 0.6) is 0 Å². The molecule has 12 heteroatoms.